The number of rotatable bonds is 4. The Balaban J connectivity index is 1.50. The number of urea groups is 1. The van der Waals surface area contributed by atoms with Crippen molar-refractivity contribution in [3.05, 3.63) is 64.8 Å². The van der Waals surface area contributed by atoms with E-state index in [4.69, 9.17) is 0 Å². The summed E-state index contributed by atoms with van der Waals surface area (Å²) in [6.07, 6.45) is 3.48. The van der Waals surface area contributed by atoms with Crippen LogP contribution in [0.5, 0.6) is 0 Å². The Hall–Kier alpha value is -2.31. The van der Waals surface area contributed by atoms with Gasteiger partial charge in [0.15, 0.2) is 0 Å². The van der Waals surface area contributed by atoms with Crippen molar-refractivity contribution in [2.24, 2.45) is 0 Å². The van der Waals surface area contributed by atoms with Gasteiger partial charge in [0.1, 0.15) is 0 Å². The number of benzene rings is 2. The molecule has 3 rings (SSSR count). The standard InChI is InChI=1S/C20H23BrN4O/c1-24-11-13-25(14-12-24)19-7-5-18(6-8-19)23-20(26)22-10-9-16-3-2-4-17(21)15-16/h2-10,15H,11-14H2,1H3,(H2,22,23,26)/b10-9+. The molecule has 1 aliphatic heterocycles. The van der Waals surface area contributed by atoms with Crippen LogP contribution in [0.15, 0.2) is 59.2 Å². The quantitative estimate of drug-likeness (QED) is 0.794. The first-order valence-electron chi connectivity index (χ1n) is 8.63. The molecule has 0 atom stereocenters. The molecule has 2 amide bonds. The summed E-state index contributed by atoms with van der Waals surface area (Å²) in [5, 5.41) is 5.56. The van der Waals surface area contributed by atoms with Crippen LogP contribution in [0, 0.1) is 0 Å². The van der Waals surface area contributed by atoms with Gasteiger partial charge in [-0.05, 0) is 55.1 Å². The zero-order valence-electron chi connectivity index (χ0n) is 14.8. The smallest absolute Gasteiger partial charge is 0.323 e. The largest absolute Gasteiger partial charge is 0.369 e. The molecule has 0 unspecified atom stereocenters. The van der Waals surface area contributed by atoms with E-state index in [1.807, 2.05) is 42.5 Å². The monoisotopic (exact) mass is 414 g/mol. The number of piperazine rings is 1. The van der Waals surface area contributed by atoms with Crippen molar-refractivity contribution in [1.82, 2.24) is 10.2 Å². The predicted molar refractivity (Wildman–Crippen MR) is 111 cm³/mol. The highest BCUT2D eigenvalue weighted by atomic mass is 79.9. The van der Waals surface area contributed by atoms with Crippen LogP contribution in [0.4, 0.5) is 16.2 Å². The van der Waals surface area contributed by atoms with Gasteiger partial charge in [-0.25, -0.2) is 4.79 Å². The van der Waals surface area contributed by atoms with Gasteiger partial charge in [0.05, 0.1) is 0 Å². The number of nitrogens with one attached hydrogen (secondary N) is 2. The molecule has 0 bridgehead atoms. The number of likely N-dealkylation sites (N-methyl/N-ethyl adjacent to an activating group) is 1. The highest BCUT2D eigenvalue weighted by Gasteiger charge is 2.14. The first-order chi connectivity index (χ1) is 12.6. The Morgan fingerprint density at radius 3 is 2.50 bits per heavy atom. The maximum atomic E-state index is 12.0. The van der Waals surface area contributed by atoms with Crippen LogP contribution in [0.2, 0.25) is 0 Å². The van der Waals surface area contributed by atoms with E-state index in [0.717, 1.165) is 41.9 Å². The van der Waals surface area contributed by atoms with Crippen LogP contribution in [0.3, 0.4) is 0 Å². The number of carbonyl (C=O) groups excluding carboxylic acids is 1. The Bertz CT molecular complexity index is 768. The lowest BCUT2D eigenvalue weighted by Gasteiger charge is -2.34. The summed E-state index contributed by atoms with van der Waals surface area (Å²) in [4.78, 5) is 16.7. The number of anilines is 2. The van der Waals surface area contributed by atoms with Crippen molar-refractivity contribution in [1.29, 1.82) is 0 Å². The molecule has 5 nitrogen and oxygen atoms in total. The molecule has 1 heterocycles. The third kappa shape index (κ3) is 5.34. The molecule has 1 fully saturated rings. The number of halogens is 1. The minimum absolute atomic E-state index is 0.261. The minimum Gasteiger partial charge on any atom is -0.369 e. The fourth-order valence-electron chi connectivity index (χ4n) is 2.81. The van der Waals surface area contributed by atoms with Crippen LogP contribution in [0.25, 0.3) is 6.08 Å². The summed E-state index contributed by atoms with van der Waals surface area (Å²) in [5.41, 5.74) is 2.98. The van der Waals surface area contributed by atoms with Gasteiger partial charge in [-0.3, -0.25) is 0 Å². The van der Waals surface area contributed by atoms with Crippen molar-refractivity contribution >= 4 is 39.4 Å². The van der Waals surface area contributed by atoms with Crippen molar-refractivity contribution in [3.8, 4) is 0 Å². The first-order valence-corrected chi connectivity index (χ1v) is 9.43. The molecule has 0 saturated carbocycles. The van der Waals surface area contributed by atoms with E-state index in [2.05, 4.69) is 55.5 Å². The van der Waals surface area contributed by atoms with Crippen LogP contribution < -0.4 is 15.5 Å². The second-order valence-corrected chi connectivity index (χ2v) is 7.24. The van der Waals surface area contributed by atoms with Crippen LogP contribution in [-0.4, -0.2) is 44.2 Å². The second-order valence-electron chi connectivity index (χ2n) is 6.32. The van der Waals surface area contributed by atoms with E-state index in [-0.39, 0.29) is 6.03 Å². The van der Waals surface area contributed by atoms with Gasteiger partial charge in [-0.15, -0.1) is 0 Å². The minimum atomic E-state index is -0.261. The van der Waals surface area contributed by atoms with E-state index < -0.39 is 0 Å². The Morgan fingerprint density at radius 2 is 1.81 bits per heavy atom. The highest BCUT2D eigenvalue weighted by molar-refractivity contribution is 9.10. The normalized spacial score (nSPS) is 15.2. The molecule has 26 heavy (non-hydrogen) atoms. The summed E-state index contributed by atoms with van der Waals surface area (Å²) in [6, 6.07) is 15.6. The van der Waals surface area contributed by atoms with Gasteiger partial charge < -0.3 is 20.4 Å². The Labute approximate surface area is 162 Å². The highest BCUT2D eigenvalue weighted by Crippen LogP contribution is 2.19. The van der Waals surface area contributed by atoms with Gasteiger partial charge in [0.25, 0.3) is 0 Å². The molecule has 6 heteroatoms. The van der Waals surface area contributed by atoms with Crippen molar-refractivity contribution in [2.45, 2.75) is 0 Å². The number of nitrogens with zero attached hydrogens (tertiary/aromatic N) is 2. The molecule has 136 valence electrons. The zero-order valence-corrected chi connectivity index (χ0v) is 16.4. The lowest BCUT2D eigenvalue weighted by molar-refractivity contribution is 0.255. The van der Waals surface area contributed by atoms with Crippen molar-refractivity contribution < 1.29 is 4.79 Å². The number of amides is 2. The molecule has 2 aromatic rings. The molecule has 1 aliphatic rings. The molecule has 2 aromatic carbocycles. The third-order valence-corrected chi connectivity index (χ3v) is 4.83. The van der Waals surface area contributed by atoms with Gasteiger partial charge in [0, 0.05) is 48.2 Å². The second kappa shape index (κ2) is 8.87. The van der Waals surface area contributed by atoms with E-state index in [9.17, 15) is 4.79 Å². The molecule has 0 aromatic heterocycles. The average Bonchev–Trinajstić information content (AvgIpc) is 2.63. The molecule has 0 spiro atoms. The molecule has 0 aliphatic carbocycles. The van der Waals surface area contributed by atoms with E-state index in [1.165, 1.54) is 5.69 Å². The SMILES string of the molecule is CN1CCN(c2ccc(NC(=O)N/C=C/c3cccc(Br)c3)cc2)CC1. The topological polar surface area (TPSA) is 47.6 Å². The van der Waals surface area contributed by atoms with Gasteiger partial charge in [0.2, 0.25) is 0 Å². The summed E-state index contributed by atoms with van der Waals surface area (Å²) in [6.45, 7) is 4.22. The lowest BCUT2D eigenvalue weighted by atomic mass is 10.2. The van der Waals surface area contributed by atoms with Crippen molar-refractivity contribution in [3.63, 3.8) is 0 Å². The zero-order chi connectivity index (χ0) is 18.4. The van der Waals surface area contributed by atoms with Crippen LogP contribution in [-0.2, 0) is 0 Å². The average molecular weight is 415 g/mol. The lowest BCUT2D eigenvalue weighted by Crippen LogP contribution is -2.44. The number of hydrogen-bond donors (Lipinski definition) is 2. The molecular weight excluding hydrogens is 392 g/mol. The maximum absolute atomic E-state index is 12.0. The molecule has 2 N–H and O–H groups in total. The van der Waals surface area contributed by atoms with E-state index in [0.29, 0.717) is 0 Å². The summed E-state index contributed by atoms with van der Waals surface area (Å²) < 4.78 is 1.00. The fourth-order valence-corrected chi connectivity index (χ4v) is 3.23. The Kier molecular flexibility index (Phi) is 6.30. The van der Waals surface area contributed by atoms with Crippen LogP contribution >= 0.6 is 15.9 Å². The van der Waals surface area contributed by atoms with Gasteiger partial charge in [-0.1, -0.05) is 28.1 Å². The van der Waals surface area contributed by atoms with E-state index in [1.54, 1.807) is 6.20 Å². The third-order valence-electron chi connectivity index (χ3n) is 4.33. The molecule has 1 saturated heterocycles. The van der Waals surface area contributed by atoms with Crippen molar-refractivity contribution in [2.75, 3.05) is 43.4 Å². The fraction of sp³-hybridized carbons (Fsp3) is 0.250. The summed E-state index contributed by atoms with van der Waals surface area (Å²) in [5.74, 6) is 0. The predicted octanol–water partition coefficient (Wildman–Crippen LogP) is 3.99. The number of hydrogen-bond acceptors (Lipinski definition) is 3. The number of carbonyl (C=O) groups is 1. The van der Waals surface area contributed by atoms with Crippen LogP contribution in [0.1, 0.15) is 5.56 Å². The Morgan fingerprint density at radius 1 is 1.08 bits per heavy atom. The molecule has 0 radical (unpaired) electrons. The summed E-state index contributed by atoms with van der Waals surface area (Å²) >= 11 is 3.43. The van der Waals surface area contributed by atoms with Gasteiger partial charge in [-0.2, -0.15) is 0 Å². The molecular formula is C20H23BrN4O. The van der Waals surface area contributed by atoms with E-state index >= 15 is 0 Å². The summed E-state index contributed by atoms with van der Waals surface area (Å²) in [7, 11) is 2.15. The maximum Gasteiger partial charge on any atom is 0.323 e. The van der Waals surface area contributed by atoms with Gasteiger partial charge >= 0.3 is 6.03 Å². The first kappa shape index (κ1) is 18.5.